The highest BCUT2D eigenvalue weighted by Gasteiger charge is 2.19. The molecule has 1 aromatic carbocycles. The smallest absolute Gasteiger partial charge is 0.0596 e. The van der Waals surface area contributed by atoms with E-state index in [1.807, 2.05) is 36.4 Å². The SMILES string of the molecule is Cc1cc(C)cc([C@@H](N[C@H](C)c2cnn(C)c2)c2cccnc2)c1. The van der Waals surface area contributed by atoms with Gasteiger partial charge < -0.3 is 0 Å². The third-order valence-corrected chi connectivity index (χ3v) is 4.24. The first-order chi connectivity index (χ1) is 11.5. The number of benzene rings is 1. The zero-order chi connectivity index (χ0) is 17.1. The van der Waals surface area contributed by atoms with Gasteiger partial charge in [-0.3, -0.25) is 15.0 Å². The molecule has 0 spiro atoms. The Balaban J connectivity index is 1.96. The summed E-state index contributed by atoms with van der Waals surface area (Å²) in [5, 5.41) is 8.02. The number of hydrogen-bond donors (Lipinski definition) is 1. The molecule has 2 aromatic heterocycles. The van der Waals surface area contributed by atoms with Crippen LogP contribution in [0.4, 0.5) is 0 Å². The second-order valence-corrected chi connectivity index (χ2v) is 6.48. The molecule has 0 fully saturated rings. The van der Waals surface area contributed by atoms with Crippen LogP contribution in [0, 0.1) is 13.8 Å². The molecule has 0 saturated heterocycles. The molecule has 3 rings (SSSR count). The van der Waals surface area contributed by atoms with E-state index in [1.165, 1.54) is 27.8 Å². The van der Waals surface area contributed by atoms with Crippen molar-refractivity contribution in [1.29, 1.82) is 0 Å². The average Bonchev–Trinajstić information content (AvgIpc) is 2.99. The molecule has 0 amide bonds. The van der Waals surface area contributed by atoms with Gasteiger partial charge in [0.15, 0.2) is 0 Å². The molecule has 0 unspecified atom stereocenters. The normalized spacial score (nSPS) is 13.7. The van der Waals surface area contributed by atoms with Crippen molar-refractivity contribution >= 4 is 0 Å². The maximum atomic E-state index is 4.30. The Labute approximate surface area is 143 Å². The third-order valence-electron chi connectivity index (χ3n) is 4.24. The topological polar surface area (TPSA) is 42.7 Å². The summed E-state index contributed by atoms with van der Waals surface area (Å²) in [7, 11) is 1.94. The van der Waals surface area contributed by atoms with Crippen LogP contribution in [0.3, 0.4) is 0 Å². The fourth-order valence-corrected chi connectivity index (χ4v) is 3.12. The standard InChI is InChI=1S/C20H24N4/c1-14-8-15(2)10-18(9-14)20(17-6-5-7-21-11-17)23-16(3)19-12-22-24(4)13-19/h5-13,16,20,23H,1-4H3/t16-,20+/m1/s1. The molecular formula is C20H24N4. The Morgan fingerprint density at radius 1 is 1.00 bits per heavy atom. The minimum absolute atomic E-state index is 0.0903. The van der Waals surface area contributed by atoms with E-state index in [1.54, 1.807) is 0 Å². The second-order valence-electron chi connectivity index (χ2n) is 6.48. The summed E-state index contributed by atoms with van der Waals surface area (Å²) in [5.74, 6) is 0. The van der Waals surface area contributed by atoms with E-state index in [2.05, 4.69) is 66.6 Å². The third kappa shape index (κ3) is 3.71. The van der Waals surface area contributed by atoms with E-state index in [0.717, 1.165) is 0 Å². The summed E-state index contributed by atoms with van der Waals surface area (Å²) in [5.41, 5.74) is 6.15. The van der Waals surface area contributed by atoms with Crippen LogP contribution in [-0.4, -0.2) is 14.8 Å². The first-order valence-corrected chi connectivity index (χ1v) is 8.25. The minimum atomic E-state index is 0.0903. The van der Waals surface area contributed by atoms with Gasteiger partial charge in [0.1, 0.15) is 0 Å². The molecule has 124 valence electrons. The van der Waals surface area contributed by atoms with Gasteiger partial charge in [0.2, 0.25) is 0 Å². The molecule has 0 aliphatic rings. The molecule has 0 saturated carbocycles. The molecular weight excluding hydrogens is 296 g/mol. The van der Waals surface area contributed by atoms with E-state index in [-0.39, 0.29) is 12.1 Å². The number of aryl methyl sites for hydroxylation is 3. The molecule has 24 heavy (non-hydrogen) atoms. The number of pyridine rings is 1. The average molecular weight is 320 g/mol. The van der Waals surface area contributed by atoms with Gasteiger partial charge in [-0.05, 0) is 38.0 Å². The highest BCUT2D eigenvalue weighted by Crippen LogP contribution is 2.27. The summed E-state index contributed by atoms with van der Waals surface area (Å²) in [6, 6.07) is 11.1. The van der Waals surface area contributed by atoms with Crippen molar-refractivity contribution in [2.45, 2.75) is 32.9 Å². The lowest BCUT2D eigenvalue weighted by Crippen LogP contribution is -2.25. The van der Waals surface area contributed by atoms with Gasteiger partial charge in [0.05, 0.1) is 12.2 Å². The molecule has 1 N–H and O–H groups in total. The molecule has 4 heteroatoms. The van der Waals surface area contributed by atoms with Crippen LogP contribution in [0.5, 0.6) is 0 Å². The second kappa shape index (κ2) is 6.97. The minimum Gasteiger partial charge on any atom is -0.299 e. The van der Waals surface area contributed by atoms with Crippen molar-refractivity contribution in [2.75, 3.05) is 0 Å². The van der Waals surface area contributed by atoms with E-state index < -0.39 is 0 Å². The first kappa shape index (κ1) is 16.4. The fraction of sp³-hybridized carbons (Fsp3) is 0.300. The number of rotatable bonds is 5. The van der Waals surface area contributed by atoms with Crippen LogP contribution in [0.1, 0.15) is 46.8 Å². The van der Waals surface area contributed by atoms with Crippen LogP contribution >= 0.6 is 0 Å². The highest BCUT2D eigenvalue weighted by atomic mass is 15.2. The van der Waals surface area contributed by atoms with Crippen LogP contribution < -0.4 is 5.32 Å². The number of nitrogens with zero attached hydrogens (tertiary/aromatic N) is 3. The van der Waals surface area contributed by atoms with E-state index in [0.29, 0.717) is 0 Å². The van der Waals surface area contributed by atoms with Gasteiger partial charge in [-0.1, -0.05) is 35.4 Å². The summed E-state index contributed by atoms with van der Waals surface area (Å²) in [6.45, 7) is 6.45. The van der Waals surface area contributed by atoms with Crippen molar-refractivity contribution in [1.82, 2.24) is 20.1 Å². The quantitative estimate of drug-likeness (QED) is 0.776. The number of hydrogen-bond acceptors (Lipinski definition) is 3. The summed E-state index contributed by atoms with van der Waals surface area (Å²) < 4.78 is 1.84. The lowest BCUT2D eigenvalue weighted by molar-refractivity contribution is 0.515. The molecule has 3 aromatic rings. The highest BCUT2D eigenvalue weighted by molar-refractivity contribution is 5.36. The van der Waals surface area contributed by atoms with Crippen molar-refractivity contribution in [2.24, 2.45) is 7.05 Å². The van der Waals surface area contributed by atoms with Crippen molar-refractivity contribution < 1.29 is 0 Å². The Bertz CT molecular complexity index is 787. The number of aromatic nitrogens is 3. The van der Waals surface area contributed by atoms with Crippen LogP contribution in [-0.2, 0) is 7.05 Å². The molecule has 2 atom stereocenters. The van der Waals surface area contributed by atoms with Crippen LogP contribution in [0.15, 0.2) is 55.1 Å². The van der Waals surface area contributed by atoms with Crippen LogP contribution in [0.2, 0.25) is 0 Å². The predicted octanol–water partition coefficient (Wildman–Crippen LogP) is 3.87. The van der Waals surface area contributed by atoms with Crippen molar-refractivity contribution in [3.63, 3.8) is 0 Å². The van der Waals surface area contributed by atoms with Gasteiger partial charge in [-0.2, -0.15) is 5.10 Å². The van der Waals surface area contributed by atoms with Gasteiger partial charge in [0, 0.05) is 37.2 Å². The molecule has 0 radical (unpaired) electrons. The Hall–Kier alpha value is -2.46. The van der Waals surface area contributed by atoms with E-state index >= 15 is 0 Å². The molecule has 4 nitrogen and oxygen atoms in total. The summed E-state index contributed by atoms with van der Waals surface area (Å²) in [6.07, 6.45) is 7.72. The fourth-order valence-electron chi connectivity index (χ4n) is 3.12. The molecule has 0 bridgehead atoms. The molecule has 0 aliphatic carbocycles. The zero-order valence-electron chi connectivity index (χ0n) is 14.7. The van der Waals surface area contributed by atoms with Gasteiger partial charge in [-0.15, -0.1) is 0 Å². The van der Waals surface area contributed by atoms with Crippen LogP contribution in [0.25, 0.3) is 0 Å². The Morgan fingerprint density at radius 3 is 2.33 bits per heavy atom. The Kier molecular flexibility index (Phi) is 4.76. The zero-order valence-corrected chi connectivity index (χ0v) is 14.7. The van der Waals surface area contributed by atoms with Gasteiger partial charge in [0.25, 0.3) is 0 Å². The molecule has 0 aliphatic heterocycles. The predicted molar refractivity (Wildman–Crippen MR) is 96.8 cm³/mol. The largest absolute Gasteiger partial charge is 0.299 e. The number of nitrogens with one attached hydrogen (secondary N) is 1. The lowest BCUT2D eigenvalue weighted by Gasteiger charge is -2.24. The maximum Gasteiger partial charge on any atom is 0.0596 e. The Morgan fingerprint density at radius 2 is 1.75 bits per heavy atom. The van der Waals surface area contributed by atoms with Crippen molar-refractivity contribution in [3.8, 4) is 0 Å². The monoisotopic (exact) mass is 320 g/mol. The first-order valence-electron chi connectivity index (χ1n) is 8.25. The van der Waals surface area contributed by atoms with E-state index in [9.17, 15) is 0 Å². The maximum absolute atomic E-state index is 4.30. The van der Waals surface area contributed by atoms with Gasteiger partial charge >= 0.3 is 0 Å². The lowest BCUT2D eigenvalue weighted by atomic mass is 9.95. The van der Waals surface area contributed by atoms with Crippen molar-refractivity contribution in [3.05, 3.63) is 82.9 Å². The summed E-state index contributed by atoms with van der Waals surface area (Å²) >= 11 is 0. The van der Waals surface area contributed by atoms with Gasteiger partial charge in [-0.25, -0.2) is 0 Å². The van der Waals surface area contributed by atoms with E-state index in [4.69, 9.17) is 0 Å². The summed E-state index contributed by atoms with van der Waals surface area (Å²) in [4.78, 5) is 4.30. The molecule has 2 heterocycles.